The quantitative estimate of drug-likeness (QED) is 0.323. The summed E-state index contributed by atoms with van der Waals surface area (Å²) in [6.45, 7) is 7.64. The number of rotatable bonds is 8. The number of hydrogen-bond acceptors (Lipinski definition) is 10. The second-order valence-corrected chi connectivity index (χ2v) is 18.9. The van der Waals surface area contributed by atoms with E-state index < -0.39 is 92.2 Å². The molecule has 0 radical (unpaired) electrons. The molecule has 4 amide bonds. The van der Waals surface area contributed by atoms with Crippen LogP contribution < -0.4 is 24.8 Å². The molecule has 14 nitrogen and oxygen atoms in total. The minimum Gasteiger partial charge on any atom is -0.497 e. The normalized spacial score (nSPS) is 29.8. The zero-order valence-corrected chi connectivity index (χ0v) is 33.3. The molecule has 1 aromatic carbocycles. The van der Waals surface area contributed by atoms with Gasteiger partial charge < -0.3 is 29.7 Å². The molecule has 2 saturated carbocycles. The van der Waals surface area contributed by atoms with E-state index >= 15 is 0 Å². The third-order valence-corrected chi connectivity index (χ3v) is 13.3. The highest BCUT2D eigenvalue weighted by atomic mass is 32.2. The maximum absolute atomic E-state index is 14.9. The predicted molar refractivity (Wildman–Crippen MR) is 201 cm³/mol. The molecule has 6 rings (SSSR count). The Kier molecular flexibility index (Phi) is 11.3. The van der Waals surface area contributed by atoms with Gasteiger partial charge in [-0.05, 0) is 89.3 Å². The van der Waals surface area contributed by atoms with Gasteiger partial charge in [-0.3, -0.25) is 19.1 Å². The van der Waals surface area contributed by atoms with Crippen molar-refractivity contribution in [1.29, 1.82) is 0 Å². The molecule has 2 aliphatic heterocycles. The highest BCUT2D eigenvalue weighted by molar-refractivity contribution is 7.91. The lowest BCUT2D eigenvalue weighted by Gasteiger charge is -2.33. The molecule has 2 aromatic rings. The van der Waals surface area contributed by atoms with E-state index in [2.05, 4.69) is 20.3 Å². The fourth-order valence-corrected chi connectivity index (χ4v) is 9.15. The van der Waals surface area contributed by atoms with Crippen LogP contribution in [0.1, 0.15) is 79.6 Å². The van der Waals surface area contributed by atoms with Crippen molar-refractivity contribution in [2.24, 2.45) is 17.8 Å². The van der Waals surface area contributed by atoms with Gasteiger partial charge in [0.05, 0.1) is 19.9 Å². The second-order valence-electron chi connectivity index (χ2n) is 16.8. The van der Waals surface area contributed by atoms with Crippen molar-refractivity contribution < 1.29 is 50.6 Å². The first-order valence-corrected chi connectivity index (χ1v) is 20.5. The number of alkyl halides is 1. The predicted octanol–water partition coefficient (Wildman–Crippen LogP) is 4.46. The van der Waals surface area contributed by atoms with E-state index in [1.807, 2.05) is 19.9 Å². The van der Waals surface area contributed by atoms with E-state index in [1.165, 1.54) is 18.1 Å². The number of sulfonamides is 1. The van der Waals surface area contributed by atoms with Gasteiger partial charge in [0.1, 0.15) is 52.3 Å². The minimum atomic E-state index is -4.41. The molecule has 306 valence electrons. The fourth-order valence-electron chi connectivity index (χ4n) is 7.73. The number of alkyl carbamates (subject to hydrolysis) is 1. The third kappa shape index (κ3) is 8.42. The van der Waals surface area contributed by atoms with Crippen LogP contribution in [0.15, 0.2) is 36.5 Å². The van der Waals surface area contributed by atoms with Crippen molar-refractivity contribution in [3.63, 3.8) is 0 Å². The first-order chi connectivity index (χ1) is 26.3. The molecular weight excluding hydrogens is 753 g/mol. The smallest absolute Gasteiger partial charge is 0.408 e. The molecule has 56 heavy (non-hydrogen) atoms. The van der Waals surface area contributed by atoms with Crippen LogP contribution in [-0.2, 0) is 29.1 Å². The van der Waals surface area contributed by atoms with Gasteiger partial charge >= 0.3 is 6.09 Å². The van der Waals surface area contributed by atoms with Gasteiger partial charge in [0.2, 0.25) is 27.7 Å². The highest BCUT2D eigenvalue weighted by Crippen LogP contribution is 2.48. The summed E-state index contributed by atoms with van der Waals surface area (Å²) in [5, 5.41) is 6.03. The van der Waals surface area contributed by atoms with Gasteiger partial charge in [-0.25, -0.2) is 27.0 Å². The first-order valence-electron chi connectivity index (χ1n) is 19.0. The van der Waals surface area contributed by atoms with E-state index in [1.54, 1.807) is 39.0 Å². The standard InChI is InChI=1S/C39H51F2N5O9S/c1-22-9-7-8-10-24-18-39(24,35(49)45-56(51,52)38(21-40)13-14-38)44-32(47)30-17-26(54-33-27-12-11-25(53-6)16-28(27)29(41)19-42-33)20-46(30)34(48)31(23(2)15-22)43-36(50)55-37(3,4)5/h8,10-12,16,19,22-24,26,30-31H,7,9,13-15,17-18,20-21H2,1-6H3,(H,43,50)(H,44,47)(H,45,49)/b10-8-/t22-,23-,24-,26-,30+,31+,39-/m1/s1. The third-order valence-electron chi connectivity index (χ3n) is 11.2. The molecule has 3 fully saturated rings. The topological polar surface area (TPSA) is 182 Å². The Bertz CT molecular complexity index is 2020. The Hall–Kier alpha value is -4.54. The van der Waals surface area contributed by atoms with E-state index in [0.29, 0.717) is 30.4 Å². The molecule has 2 aliphatic carbocycles. The summed E-state index contributed by atoms with van der Waals surface area (Å²) in [5.41, 5.74) is -2.56. The number of pyridine rings is 1. The molecule has 1 aromatic heterocycles. The van der Waals surface area contributed by atoms with E-state index in [9.17, 15) is 36.4 Å². The van der Waals surface area contributed by atoms with Crippen LogP contribution in [0.4, 0.5) is 13.6 Å². The van der Waals surface area contributed by atoms with Gasteiger partial charge in [-0.15, -0.1) is 0 Å². The maximum atomic E-state index is 14.9. The Morgan fingerprint density at radius 2 is 1.86 bits per heavy atom. The number of nitrogens with one attached hydrogen (secondary N) is 3. The SMILES string of the molecule is COc1ccc2c(O[C@@H]3C[C@H]4C(=O)N[C@]5(C(=O)NS(=O)(=O)C6(CF)CC6)C[C@H]5/C=C\CC[C@@H](C)C[C@@H](C)[C@H](NC(=O)OC(C)(C)C)C(=O)N4C3)ncc(F)c2c1. The summed E-state index contributed by atoms with van der Waals surface area (Å²) >= 11 is 0. The molecule has 4 aliphatic rings. The molecule has 0 bridgehead atoms. The van der Waals surface area contributed by atoms with Crippen molar-refractivity contribution in [2.45, 2.75) is 114 Å². The molecule has 17 heteroatoms. The van der Waals surface area contributed by atoms with E-state index in [-0.39, 0.29) is 49.4 Å². The van der Waals surface area contributed by atoms with E-state index in [4.69, 9.17) is 14.2 Å². The number of carbonyl (C=O) groups is 4. The van der Waals surface area contributed by atoms with Crippen LogP contribution in [0.25, 0.3) is 10.8 Å². The van der Waals surface area contributed by atoms with E-state index in [0.717, 1.165) is 6.20 Å². The molecule has 0 spiro atoms. The Morgan fingerprint density at radius 1 is 1.12 bits per heavy atom. The number of amides is 4. The molecule has 0 unspecified atom stereocenters. The zero-order chi connectivity index (χ0) is 40.8. The van der Waals surface area contributed by atoms with Gasteiger partial charge in [0.15, 0.2) is 0 Å². The number of methoxy groups -OCH3 is 1. The molecule has 7 atom stereocenters. The Labute approximate surface area is 325 Å². The summed E-state index contributed by atoms with van der Waals surface area (Å²) in [4.78, 5) is 61.7. The van der Waals surface area contributed by atoms with Crippen LogP contribution in [0.5, 0.6) is 11.6 Å². The Morgan fingerprint density at radius 3 is 2.52 bits per heavy atom. The number of allylic oxidation sites excluding steroid dienone is 1. The zero-order valence-electron chi connectivity index (χ0n) is 32.5. The Balaban J connectivity index is 1.36. The second kappa shape index (κ2) is 15.4. The van der Waals surface area contributed by atoms with Crippen molar-refractivity contribution in [1.82, 2.24) is 25.2 Å². The van der Waals surface area contributed by atoms with Gasteiger partial charge in [0, 0.05) is 23.1 Å². The number of nitrogens with zero attached hydrogens (tertiary/aromatic N) is 2. The van der Waals surface area contributed by atoms with Crippen LogP contribution >= 0.6 is 0 Å². The van der Waals surface area contributed by atoms with Gasteiger partial charge in [0.25, 0.3) is 5.91 Å². The minimum absolute atomic E-state index is 0.0468. The molecular formula is C39H51F2N5O9S. The van der Waals surface area contributed by atoms with Crippen molar-refractivity contribution in [3.05, 3.63) is 42.4 Å². The number of carbonyl (C=O) groups excluding carboxylic acids is 4. The summed E-state index contributed by atoms with van der Waals surface area (Å²) < 4.78 is 72.5. The van der Waals surface area contributed by atoms with Gasteiger partial charge in [-0.1, -0.05) is 26.0 Å². The molecule has 1 saturated heterocycles. The number of halogens is 2. The lowest BCUT2D eigenvalue weighted by molar-refractivity contribution is -0.142. The van der Waals surface area contributed by atoms with Crippen LogP contribution in [-0.4, -0.2) is 96.5 Å². The van der Waals surface area contributed by atoms with Crippen molar-refractivity contribution in [3.8, 4) is 11.6 Å². The lowest BCUT2D eigenvalue weighted by Crippen LogP contribution is -2.59. The number of hydrogen-bond donors (Lipinski definition) is 3. The molecule has 3 heterocycles. The van der Waals surface area contributed by atoms with Crippen LogP contribution in [0.2, 0.25) is 0 Å². The largest absolute Gasteiger partial charge is 0.497 e. The highest BCUT2D eigenvalue weighted by Gasteiger charge is 2.64. The van der Waals surface area contributed by atoms with Crippen molar-refractivity contribution in [2.75, 3.05) is 20.3 Å². The van der Waals surface area contributed by atoms with Gasteiger partial charge in [-0.2, -0.15) is 0 Å². The lowest BCUT2D eigenvalue weighted by atomic mass is 9.88. The monoisotopic (exact) mass is 803 g/mol. The summed E-state index contributed by atoms with van der Waals surface area (Å²) in [7, 11) is -2.96. The number of ether oxygens (including phenoxy) is 3. The van der Waals surface area contributed by atoms with Crippen LogP contribution in [0, 0.1) is 23.6 Å². The average molecular weight is 804 g/mol. The fraction of sp³-hybridized carbons (Fsp3) is 0.615. The number of benzene rings is 1. The average Bonchev–Trinajstić information content (AvgIpc) is 4.03. The summed E-state index contributed by atoms with van der Waals surface area (Å²) in [5.74, 6) is -3.40. The number of fused-ring (bicyclic) bond motifs is 3. The van der Waals surface area contributed by atoms with Crippen LogP contribution in [0.3, 0.4) is 0 Å². The number of aromatic nitrogens is 1. The first kappa shape index (κ1) is 41.1. The van der Waals surface area contributed by atoms with Crippen molar-refractivity contribution >= 4 is 44.6 Å². The summed E-state index contributed by atoms with van der Waals surface area (Å²) in [6, 6.07) is 2.30. The summed E-state index contributed by atoms with van der Waals surface area (Å²) in [6.07, 6.45) is 4.91. The maximum Gasteiger partial charge on any atom is 0.408 e. The molecule has 3 N–H and O–H groups in total.